The van der Waals surface area contributed by atoms with E-state index < -0.39 is 8.07 Å². The van der Waals surface area contributed by atoms with Crippen LogP contribution in [0.15, 0.2) is 10.5 Å². The van der Waals surface area contributed by atoms with E-state index in [0.717, 1.165) is 18.1 Å². The Labute approximate surface area is 124 Å². The summed E-state index contributed by atoms with van der Waals surface area (Å²) in [6.45, 7) is 6.14. The molecule has 0 saturated heterocycles. The van der Waals surface area contributed by atoms with Crippen molar-refractivity contribution < 1.29 is 8.78 Å². The van der Waals surface area contributed by atoms with Gasteiger partial charge in [0.05, 0.1) is 12.5 Å². The second-order valence-electron chi connectivity index (χ2n) is 4.18. The van der Waals surface area contributed by atoms with E-state index in [1.54, 1.807) is 0 Å². The molecule has 0 saturated carbocycles. The topological polar surface area (TPSA) is 0 Å². The van der Waals surface area contributed by atoms with Crippen molar-refractivity contribution in [1.29, 1.82) is 0 Å². The number of halogens is 4. The standard InChI is InChI=1S/C12H16BrF2ISi/c1-4-17(5-2,6-3)12-10(14)8(13)7-9(16)11(12)15/h7H,4-6H2,1-3H3. The zero-order chi connectivity index (χ0) is 13.2. The van der Waals surface area contributed by atoms with E-state index in [0.29, 0.717) is 13.2 Å². The summed E-state index contributed by atoms with van der Waals surface area (Å²) in [5.74, 6) is -0.733. The minimum absolute atomic E-state index is 0.344. The number of benzene rings is 1. The van der Waals surface area contributed by atoms with Gasteiger partial charge in [0.25, 0.3) is 0 Å². The van der Waals surface area contributed by atoms with Gasteiger partial charge >= 0.3 is 0 Å². The molecule has 0 bridgehead atoms. The number of rotatable bonds is 4. The van der Waals surface area contributed by atoms with Crippen LogP contribution in [-0.2, 0) is 0 Å². The quantitative estimate of drug-likeness (QED) is 0.355. The third-order valence-electron chi connectivity index (χ3n) is 3.67. The summed E-state index contributed by atoms with van der Waals surface area (Å²) in [5.41, 5.74) is 0. The Bertz CT molecular complexity index is 385. The molecule has 5 heteroatoms. The molecule has 96 valence electrons. The van der Waals surface area contributed by atoms with Crippen LogP contribution in [0.2, 0.25) is 18.1 Å². The summed E-state index contributed by atoms with van der Waals surface area (Å²) in [6.07, 6.45) is 0. The second kappa shape index (κ2) is 6.10. The second-order valence-corrected chi connectivity index (χ2v) is 11.4. The van der Waals surface area contributed by atoms with Crippen LogP contribution in [0.25, 0.3) is 0 Å². The van der Waals surface area contributed by atoms with Gasteiger partial charge in [0.2, 0.25) is 0 Å². The molecule has 0 N–H and O–H groups in total. The summed E-state index contributed by atoms with van der Waals surface area (Å²) in [7, 11) is -2.03. The monoisotopic (exact) mass is 432 g/mol. The highest BCUT2D eigenvalue weighted by Crippen LogP contribution is 2.28. The molecule has 0 spiro atoms. The smallest absolute Gasteiger partial charge is 0.139 e. The van der Waals surface area contributed by atoms with Crippen LogP contribution in [0.5, 0.6) is 0 Å². The van der Waals surface area contributed by atoms with E-state index in [1.807, 2.05) is 43.4 Å². The highest BCUT2D eigenvalue weighted by molar-refractivity contribution is 14.1. The Morgan fingerprint density at radius 1 is 1.12 bits per heavy atom. The van der Waals surface area contributed by atoms with Crippen molar-refractivity contribution in [3.63, 3.8) is 0 Å². The lowest BCUT2D eigenvalue weighted by molar-refractivity contribution is 0.586. The predicted octanol–water partition coefficient (Wildman–Crippen LogP) is 5.05. The first-order chi connectivity index (χ1) is 7.93. The Morgan fingerprint density at radius 2 is 1.59 bits per heavy atom. The Kier molecular flexibility index (Phi) is 5.59. The Morgan fingerprint density at radius 3 is 2.00 bits per heavy atom. The van der Waals surface area contributed by atoms with Crippen LogP contribution in [0, 0.1) is 15.2 Å². The fourth-order valence-corrected chi connectivity index (χ4v) is 7.95. The van der Waals surface area contributed by atoms with E-state index in [-0.39, 0.29) is 11.6 Å². The molecule has 0 unspecified atom stereocenters. The van der Waals surface area contributed by atoms with Crippen molar-refractivity contribution >= 4 is 51.8 Å². The van der Waals surface area contributed by atoms with Gasteiger partial charge in [-0.3, -0.25) is 0 Å². The molecule has 17 heavy (non-hydrogen) atoms. The molecule has 0 nitrogen and oxygen atoms in total. The average molecular weight is 433 g/mol. The molecule has 0 aliphatic rings. The third kappa shape index (κ3) is 2.76. The van der Waals surface area contributed by atoms with Crippen LogP contribution < -0.4 is 5.19 Å². The van der Waals surface area contributed by atoms with Crippen LogP contribution in [0.4, 0.5) is 8.78 Å². The minimum atomic E-state index is -2.03. The molecule has 0 aliphatic carbocycles. The maximum atomic E-state index is 14.3. The van der Waals surface area contributed by atoms with Gasteiger partial charge in [-0.1, -0.05) is 38.9 Å². The summed E-state index contributed by atoms with van der Waals surface area (Å²) < 4.78 is 29.4. The zero-order valence-corrected chi connectivity index (χ0v) is 15.0. The van der Waals surface area contributed by atoms with Gasteiger partial charge in [0.1, 0.15) is 11.6 Å². The first-order valence-electron chi connectivity index (χ1n) is 5.77. The molecular weight excluding hydrogens is 417 g/mol. The van der Waals surface area contributed by atoms with Crippen molar-refractivity contribution in [3.8, 4) is 0 Å². The summed E-state index contributed by atoms with van der Waals surface area (Å²) in [4.78, 5) is 0. The first-order valence-corrected chi connectivity index (χ1v) is 10.3. The van der Waals surface area contributed by atoms with E-state index in [2.05, 4.69) is 15.9 Å². The maximum Gasteiger partial charge on any atom is 0.139 e. The fourth-order valence-electron chi connectivity index (χ4n) is 2.32. The maximum absolute atomic E-state index is 14.3. The molecule has 0 amide bonds. The van der Waals surface area contributed by atoms with Crippen LogP contribution in [-0.4, -0.2) is 8.07 Å². The van der Waals surface area contributed by atoms with Crippen molar-refractivity contribution in [2.45, 2.75) is 38.9 Å². The lowest BCUT2D eigenvalue weighted by Gasteiger charge is -2.30. The van der Waals surface area contributed by atoms with Gasteiger partial charge in [0, 0.05) is 8.76 Å². The van der Waals surface area contributed by atoms with Gasteiger partial charge in [-0.15, -0.1) is 0 Å². The lowest BCUT2D eigenvalue weighted by atomic mass is 10.3. The SMILES string of the molecule is CC[Si](CC)(CC)c1c(F)c(Br)cc(I)c1F. The van der Waals surface area contributed by atoms with Crippen LogP contribution >= 0.6 is 38.5 Å². The molecule has 0 radical (unpaired) electrons. The highest BCUT2D eigenvalue weighted by atomic mass is 127. The molecule has 0 fully saturated rings. The molecule has 0 aromatic heterocycles. The van der Waals surface area contributed by atoms with Gasteiger partial charge in [-0.2, -0.15) is 0 Å². The molecule has 1 aromatic rings. The molecule has 0 aliphatic heterocycles. The minimum Gasteiger partial charge on any atom is -0.206 e. The molecule has 0 heterocycles. The predicted molar refractivity (Wildman–Crippen MR) is 83.6 cm³/mol. The highest BCUT2D eigenvalue weighted by Gasteiger charge is 2.36. The third-order valence-corrected chi connectivity index (χ3v) is 10.6. The van der Waals surface area contributed by atoms with Crippen molar-refractivity contribution in [3.05, 3.63) is 25.7 Å². The summed E-state index contributed by atoms with van der Waals surface area (Å²) >= 11 is 5.12. The van der Waals surface area contributed by atoms with Gasteiger partial charge in [-0.25, -0.2) is 8.78 Å². The lowest BCUT2D eigenvalue weighted by Crippen LogP contribution is -2.50. The molecule has 1 rings (SSSR count). The largest absolute Gasteiger partial charge is 0.206 e. The normalized spacial score (nSPS) is 11.9. The first kappa shape index (κ1) is 15.6. The van der Waals surface area contributed by atoms with E-state index in [1.165, 1.54) is 6.07 Å². The number of hydrogen-bond donors (Lipinski definition) is 0. The summed E-state index contributed by atoms with van der Waals surface area (Å²) in [6, 6.07) is 4.13. The van der Waals surface area contributed by atoms with E-state index in [4.69, 9.17) is 0 Å². The zero-order valence-electron chi connectivity index (χ0n) is 10.2. The van der Waals surface area contributed by atoms with Crippen molar-refractivity contribution in [1.82, 2.24) is 0 Å². The molecule has 0 atom stereocenters. The van der Waals surface area contributed by atoms with Crippen LogP contribution in [0.3, 0.4) is 0 Å². The van der Waals surface area contributed by atoms with Crippen LogP contribution in [0.1, 0.15) is 20.8 Å². The van der Waals surface area contributed by atoms with Gasteiger partial charge < -0.3 is 0 Å². The van der Waals surface area contributed by atoms with Crippen molar-refractivity contribution in [2.24, 2.45) is 0 Å². The van der Waals surface area contributed by atoms with E-state index in [9.17, 15) is 8.78 Å². The van der Waals surface area contributed by atoms with Gasteiger partial charge in [0.15, 0.2) is 0 Å². The van der Waals surface area contributed by atoms with E-state index >= 15 is 0 Å². The number of hydrogen-bond acceptors (Lipinski definition) is 0. The Balaban J connectivity index is 3.58. The fraction of sp³-hybridized carbons (Fsp3) is 0.500. The Hall–Kier alpha value is 0.507. The van der Waals surface area contributed by atoms with Gasteiger partial charge in [-0.05, 0) is 44.6 Å². The van der Waals surface area contributed by atoms with Crippen molar-refractivity contribution in [2.75, 3.05) is 0 Å². The molecule has 1 aromatic carbocycles. The summed E-state index contributed by atoms with van der Waals surface area (Å²) in [5, 5.41) is 0.378. The molecular formula is C12H16BrF2ISi. The average Bonchev–Trinajstić information content (AvgIpc) is 2.33.